The zero-order valence-corrected chi connectivity index (χ0v) is 11.5. The normalized spacial score (nSPS) is 11.5. The van der Waals surface area contributed by atoms with E-state index in [1.54, 1.807) is 19.1 Å². The molecule has 6 heteroatoms. The number of methoxy groups -OCH3 is 1. The summed E-state index contributed by atoms with van der Waals surface area (Å²) in [5.74, 6) is 0. The van der Waals surface area contributed by atoms with Gasteiger partial charge in [0, 0.05) is 20.7 Å². The Morgan fingerprint density at radius 3 is 2.67 bits per heavy atom. The van der Waals surface area contributed by atoms with Crippen LogP contribution in [0.1, 0.15) is 11.1 Å². The van der Waals surface area contributed by atoms with Crippen molar-refractivity contribution in [2.24, 2.45) is 0 Å². The van der Waals surface area contributed by atoms with Crippen LogP contribution in [0.25, 0.3) is 0 Å². The Hall–Kier alpha value is -1.42. The summed E-state index contributed by atoms with van der Waals surface area (Å²) in [6.45, 7) is 2.31. The summed E-state index contributed by atoms with van der Waals surface area (Å²) in [5, 5.41) is 8.82. The predicted octanol–water partition coefficient (Wildman–Crippen LogP) is 1.13. The highest BCUT2D eigenvalue weighted by molar-refractivity contribution is 7.89. The van der Waals surface area contributed by atoms with Gasteiger partial charge in [-0.25, -0.2) is 8.42 Å². The van der Waals surface area contributed by atoms with Gasteiger partial charge in [0.2, 0.25) is 10.0 Å². The van der Waals surface area contributed by atoms with Crippen LogP contribution in [0.2, 0.25) is 0 Å². The molecular formula is C12H16N2O3S. The van der Waals surface area contributed by atoms with E-state index in [1.807, 2.05) is 6.07 Å². The number of hydrogen-bond acceptors (Lipinski definition) is 4. The van der Waals surface area contributed by atoms with Crippen molar-refractivity contribution < 1.29 is 13.2 Å². The van der Waals surface area contributed by atoms with Crippen LogP contribution < -0.4 is 0 Å². The van der Waals surface area contributed by atoms with Crippen molar-refractivity contribution in [1.82, 2.24) is 4.31 Å². The van der Waals surface area contributed by atoms with Gasteiger partial charge in [-0.1, -0.05) is 6.07 Å². The summed E-state index contributed by atoms with van der Waals surface area (Å²) < 4.78 is 30.7. The molecule has 98 valence electrons. The number of ether oxygens (including phenoxy) is 1. The van der Waals surface area contributed by atoms with Crippen molar-refractivity contribution in [3.63, 3.8) is 0 Å². The van der Waals surface area contributed by atoms with E-state index in [2.05, 4.69) is 0 Å². The lowest BCUT2D eigenvalue weighted by molar-refractivity contribution is 0.185. The van der Waals surface area contributed by atoms with E-state index in [0.717, 1.165) is 0 Å². The summed E-state index contributed by atoms with van der Waals surface area (Å²) >= 11 is 0. The first kappa shape index (κ1) is 14.6. The Balaban J connectivity index is 3.16. The summed E-state index contributed by atoms with van der Waals surface area (Å²) in [6.07, 6.45) is 0. The Labute approximate surface area is 108 Å². The first-order chi connectivity index (χ1) is 8.43. The average molecular weight is 268 g/mol. The molecule has 0 N–H and O–H groups in total. The Morgan fingerprint density at radius 2 is 2.11 bits per heavy atom. The van der Waals surface area contributed by atoms with E-state index < -0.39 is 10.0 Å². The van der Waals surface area contributed by atoms with Crippen LogP contribution in [0.4, 0.5) is 0 Å². The van der Waals surface area contributed by atoms with Crippen LogP contribution in [0.5, 0.6) is 0 Å². The van der Waals surface area contributed by atoms with Crippen LogP contribution in [0, 0.1) is 18.3 Å². The molecule has 0 spiro atoms. The highest BCUT2D eigenvalue weighted by atomic mass is 32.2. The molecular weight excluding hydrogens is 252 g/mol. The van der Waals surface area contributed by atoms with Crippen LogP contribution in [0.3, 0.4) is 0 Å². The van der Waals surface area contributed by atoms with Crippen LogP contribution in [-0.4, -0.2) is 40.0 Å². The molecule has 1 rings (SSSR count). The first-order valence-electron chi connectivity index (χ1n) is 5.39. The maximum atomic E-state index is 12.3. The maximum Gasteiger partial charge on any atom is 0.243 e. The van der Waals surface area contributed by atoms with Crippen molar-refractivity contribution in [3.8, 4) is 6.07 Å². The van der Waals surface area contributed by atoms with Crippen LogP contribution in [0.15, 0.2) is 23.1 Å². The van der Waals surface area contributed by atoms with Gasteiger partial charge in [0.25, 0.3) is 0 Å². The van der Waals surface area contributed by atoms with Gasteiger partial charge in [-0.3, -0.25) is 0 Å². The number of nitrogens with zero attached hydrogens (tertiary/aromatic N) is 2. The van der Waals surface area contributed by atoms with E-state index in [9.17, 15) is 8.42 Å². The molecule has 0 heterocycles. The molecule has 0 atom stereocenters. The van der Waals surface area contributed by atoms with Crippen molar-refractivity contribution >= 4 is 10.0 Å². The molecule has 0 fully saturated rings. The van der Waals surface area contributed by atoms with E-state index in [0.29, 0.717) is 17.7 Å². The summed E-state index contributed by atoms with van der Waals surface area (Å²) in [6, 6.07) is 6.57. The molecule has 18 heavy (non-hydrogen) atoms. The average Bonchev–Trinajstić information content (AvgIpc) is 2.36. The minimum Gasteiger partial charge on any atom is -0.383 e. The van der Waals surface area contributed by atoms with E-state index in [1.165, 1.54) is 24.5 Å². The van der Waals surface area contributed by atoms with Crippen molar-refractivity contribution in [3.05, 3.63) is 29.3 Å². The molecule has 0 unspecified atom stereocenters. The monoisotopic (exact) mass is 268 g/mol. The number of rotatable bonds is 5. The maximum absolute atomic E-state index is 12.3. The smallest absolute Gasteiger partial charge is 0.243 e. The second kappa shape index (κ2) is 5.96. The van der Waals surface area contributed by atoms with Gasteiger partial charge in [0.1, 0.15) is 0 Å². The van der Waals surface area contributed by atoms with Gasteiger partial charge < -0.3 is 4.74 Å². The molecule has 5 nitrogen and oxygen atoms in total. The van der Waals surface area contributed by atoms with Gasteiger partial charge in [0.05, 0.1) is 23.1 Å². The lowest BCUT2D eigenvalue weighted by Gasteiger charge is -2.18. The quantitative estimate of drug-likeness (QED) is 0.802. The Bertz CT molecular complexity index is 561. The number of sulfonamides is 1. The SMILES string of the molecule is COCCN(C)S(=O)(=O)c1cc(C#N)ccc1C. The van der Waals surface area contributed by atoms with E-state index in [-0.39, 0.29) is 11.4 Å². The third-order valence-corrected chi connectivity index (χ3v) is 4.61. The Morgan fingerprint density at radius 1 is 1.44 bits per heavy atom. The largest absolute Gasteiger partial charge is 0.383 e. The fourth-order valence-corrected chi connectivity index (χ4v) is 2.86. The van der Waals surface area contributed by atoms with E-state index in [4.69, 9.17) is 10.00 Å². The molecule has 0 saturated carbocycles. The zero-order valence-electron chi connectivity index (χ0n) is 10.7. The van der Waals surface area contributed by atoms with Gasteiger partial charge in [-0.05, 0) is 24.6 Å². The molecule has 1 aromatic rings. The predicted molar refractivity (Wildman–Crippen MR) is 67.6 cm³/mol. The molecule has 0 aliphatic rings. The van der Waals surface area contributed by atoms with Crippen LogP contribution in [-0.2, 0) is 14.8 Å². The molecule has 0 bridgehead atoms. The third kappa shape index (κ3) is 3.07. The fraction of sp³-hybridized carbons (Fsp3) is 0.417. The number of hydrogen-bond donors (Lipinski definition) is 0. The molecule has 0 aromatic heterocycles. The zero-order chi connectivity index (χ0) is 13.8. The second-order valence-electron chi connectivity index (χ2n) is 3.91. The van der Waals surface area contributed by atoms with Crippen molar-refractivity contribution in [1.29, 1.82) is 5.26 Å². The lowest BCUT2D eigenvalue weighted by Crippen LogP contribution is -2.30. The lowest BCUT2D eigenvalue weighted by atomic mass is 10.2. The number of likely N-dealkylation sites (N-methyl/N-ethyl adjacent to an activating group) is 1. The van der Waals surface area contributed by atoms with Gasteiger partial charge >= 0.3 is 0 Å². The van der Waals surface area contributed by atoms with E-state index >= 15 is 0 Å². The summed E-state index contributed by atoms with van der Waals surface area (Å²) in [7, 11) is -0.563. The number of benzene rings is 1. The van der Waals surface area contributed by atoms with Crippen LogP contribution >= 0.6 is 0 Å². The second-order valence-corrected chi connectivity index (χ2v) is 5.92. The first-order valence-corrected chi connectivity index (χ1v) is 6.83. The fourth-order valence-electron chi connectivity index (χ4n) is 1.46. The minimum atomic E-state index is -3.57. The van der Waals surface area contributed by atoms with Crippen molar-refractivity contribution in [2.75, 3.05) is 27.3 Å². The highest BCUT2D eigenvalue weighted by Crippen LogP contribution is 2.20. The highest BCUT2D eigenvalue weighted by Gasteiger charge is 2.22. The molecule has 0 aliphatic heterocycles. The molecule has 1 aromatic carbocycles. The third-order valence-electron chi connectivity index (χ3n) is 2.62. The molecule has 0 amide bonds. The summed E-state index contributed by atoms with van der Waals surface area (Å²) in [5.41, 5.74) is 0.956. The summed E-state index contributed by atoms with van der Waals surface area (Å²) in [4.78, 5) is 0.167. The molecule has 0 radical (unpaired) electrons. The van der Waals surface area contributed by atoms with Gasteiger partial charge in [0.15, 0.2) is 0 Å². The van der Waals surface area contributed by atoms with Gasteiger partial charge in [-0.15, -0.1) is 0 Å². The standard InChI is InChI=1S/C12H16N2O3S/c1-10-4-5-11(9-13)8-12(10)18(15,16)14(2)6-7-17-3/h4-5,8H,6-7H2,1-3H3. The Kier molecular flexibility index (Phi) is 4.84. The molecule has 0 saturated heterocycles. The van der Waals surface area contributed by atoms with Gasteiger partial charge in [-0.2, -0.15) is 9.57 Å². The topological polar surface area (TPSA) is 70.4 Å². The number of aryl methyl sites for hydroxylation is 1. The van der Waals surface area contributed by atoms with Crippen molar-refractivity contribution in [2.45, 2.75) is 11.8 Å². The minimum absolute atomic E-state index is 0.167. The number of nitriles is 1. The molecule has 0 aliphatic carbocycles.